The van der Waals surface area contributed by atoms with Crippen LogP contribution in [0.1, 0.15) is 55.0 Å². The number of carbonyl (C=O) groups excluding carboxylic acids is 2. The smallest absolute Gasteiger partial charge is 0.290 e. The number of nitrogens with one attached hydrogen (secondary N) is 1. The lowest BCUT2D eigenvalue weighted by atomic mass is 9.87. The molecule has 6 nitrogen and oxygen atoms in total. The van der Waals surface area contributed by atoms with Gasteiger partial charge in [0.25, 0.3) is 11.1 Å². The van der Waals surface area contributed by atoms with Crippen molar-refractivity contribution in [2.24, 2.45) is 0 Å². The van der Waals surface area contributed by atoms with Gasteiger partial charge >= 0.3 is 0 Å². The first kappa shape index (κ1) is 30.4. The summed E-state index contributed by atoms with van der Waals surface area (Å²) in [5.41, 5.74) is 7.28. The highest BCUT2D eigenvalue weighted by Gasteiger charge is 2.36. The lowest BCUT2D eigenvalue weighted by Gasteiger charge is -2.38. The summed E-state index contributed by atoms with van der Waals surface area (Å²) in [5.74, 6) is 1.67. The summed E-state index contributed by atoms with van der Waals surface area (Å²) < 4.78 is 33.1. The van der Waals surface area contributed by atoms with Crippen LogP contribution in [0.3, 0.4) is 0 Å². The molecule has 0 bridgehead atoms. The average molecular weight is 602 g/mol. The van der Waals surface area contributed by atoms with Crippen LogP contribution >= 0.6 is 11.8 Å². The van der Waals surface area contributed by atoms with Crippen LogP contribution in [0.25, 0.3) is 17.2 Å². The minimum absolute atomic E-state index is 0.296. The van der Waals surface area contributed by atoms with E-state index in [1.54, 1.807) is 18.2 Å². The zero-order valence-electron chi connectivity index (χ0n) is 25.4. The number of allylic oxidation sites excluding steroid dienone is 1. The molecule has 224 valence electrons. The van der Waals surface area contributed by atoms with E-state index in [1.807, 2.05) is 18.2 Å². The normalized spacial score (nSPS) is 18.6. The number of amides is 2. The van der Waals surface area contributed by atoms with Crippen LogP contribution in [-0.4, -0.2) is 30.0 Å². The molecule has 0 saturated carbocycles. The topological polar surface area (TPSA) is 73.9 Å². The second kappa shape index (κ2) is 12.3. The van der Waals surface area contributed by atoms with E-state index in [9.17, 15) is 14.0 Å². The fourth-order valence-corrected chi connectivity index (χ4v) is 5.99. The quantitative estimate of drug-likeness (QED) is 0.207. The van der Waals surface area contributed by atoms with Crippen LogP contribution in [0.4, 0.5) is 9.18 Å². The summed E-state index contributed by atoms with van der Waals surface area (Å²) in [7, 11) is 0. The van der Waals surface area contributed by atoms with Crippen LogP contribution in [-0.2, 0) is 11.2 Å². The first-order valence-electron chi connectivity index (χ1n) is 14.3. The molecule has 5 rings (SSSR count). The Balaban J connectivity index is 1.40. The average Bonchev–Trinajstić information content (AvgIpc) is 3.29. The summed E-state index contributed by atoms with van der Waals surface area (Å²) in [5, 5.41) is 1.88. The third kappa shape index (κ3) is 6.64. The van der Waals surface area contributed by atoms with Crippen LogP contribution < -0.4 is 19.5 Å². The van der Waals surface area contributed by atoms with Gasteiger partial charge in [-0.25, -0.2) is 4.39 Å². The summed E-state index contributed by atoms with van der Waals surface area (Å²) in [6, 6.07) is 11.7. The number of carbonyl (C=O) groups is 2. The summed E-state index contributed by atoms with van der Waals surface area (Å²) in [6.07, 6.45) is 5.33. The molecule has 2 aliphatic heterocycles. The second-order valence-corrected chi connectivity index (χ2v) is 12.6. The number of thioether (sulfide) groups is 1. The molecule has 1 atom stereocenters. The van der Waals surface area contributed by atoms with Crippen LogP contribution in [0.5, 0.6) is 17.2 Å². The van der Waals surface area contributed by atoms with Crippen molar-refractivity contribution in [3.63, 3.8) is 0 Å². The molecule has 3 aromatic rings. The van der Waals surface area contributed by atoms with Crippen LogP contribution in [0.15, 0.2) is 59.0 Å². The lowest BCUT2D eigenvalue weighted by molar-refractivity contribution is -0.115. The molecule has 1 unspecified atom stereocenters. The molecule has 2 heterocycles. The van der Waals surface area contributed by atoms with Gasteiger partial charge in [-0.2, -0.15) is 0 Å². The highest BCUT2D eigenvalue weighted by molar-refractivity contribution is 8.18. The monoisotopic (exact) mass is 601 g/mol. The molecule has 1 fully saturated rings. The third-order valence-corrected chi connectivity index (χ3v) is 8.72. The fraction of sp³-hybridized carbons (Fsp3) is 0.314. The maximum atomic E-state index is 13.8. The highest BCUT2D eigenvalue weighted by atomic mass is 32.2. The molecule has 1 saturated heterocycles. The van der Waals surface area contributed by atoms with Crippen LogP contribution in [0, 0.1) is 26.6 Å². The Hall–Kier alpha value is -4.04. The van der Waals surface area contributed by atoms with Gasteiger partial charge in [0, 0.05) is 11.1 Å². The highest BCUT2D eigenvalue weighted by Crippen LogP contribution is 2.44. The molecule has 8 heteroatoms. The molecule has 0 spiro atoms. The van der Waals surface area contributed by atoms with Crippen molar-refractivity contribution in [1.29, 1.82) is 0 Å². The van der Waals surface area contributed by atoms with E-state index >= 15 is 0 Å². The Kier molecular flexibility index (Phi) is 8.69. The van der Waals surface area contributed by atoms with Gasteiger partial charge in [-0.15, -0.1) is 0 Å². The van der Waals surface area contributed by atoms with E-state index in [2.05, 4.69) is 52.9 Å². The first-order chi connectivity index (χ1) is 20.4. The van der Waals surface area contributed by atoms with Crippen molar-refractivity contribution in [2.45, 2.75) is 60.0 Å². The van der Waals surface area contributed by atoms with Gasteiger partial charge in [0.2, 0.25) is 0 Å². The number of imide groups is 1. The molecule has 0 radical (unpaired) electrons. The van der Waals surface area contributed by atoms with Gasteiger partial charge in [-0.3, -0.25) is 14.9 Å². The van der Waals surface area contributed by atoms with E-state index in [0.29, 0.717) is 23.9 Å². The summed E-state index contributed by atoms with van der Waals surface area (Å²) >= 11 is 0.862. The number of benzene rings is 3. The predicted octanol–water partition coefficient (Wildman–Crippen LogP) is 8.25. The Bertz CT molecular complexity index is 1660. The molecule has 2 aliphatic rings. The molecule has 0 aromatic heterocycles. The molecule has 1 N–H and O–H groups in total. The van der Waals surface area contributed by atoms with E-state index in [1.165, 1.54) is 23.3 Å². The molecular weight excluding hydrogens is 565 g/mol. The summed E-state index contributed by atoms with van der Waals surface area (Å²) in [6.45, 7) is 13.3. The molecule has 0 aliphatic carbocycles. The van der Waals surface area contributed by atoms with Crippen molar-refractivity contribution in [3.8, 4) is 28.4 Å². The SMILES string of the molecule is CC(C)=CCOc1c(C)c(C)c2c(c1C)CCC(C)(COc1ccc(C=C3SC(=O)NC3=O)cc1-c1ccc(F)cc1)O2. The van der Waals surface area contributed by atoms with Crippen molar-refractivity contribution >= 4 is 29.0 Å². The predicted molar refractivity (Wildman–Crippen MR) is 169 cm³/mol. The molecular formula is C35H36FNO5S. The van der Waals surface area contributed by atoms with E-state index in [4.69, 9.17) is 14.2 Å². The molecule has 43 heavy (non-hydrogen) atoms. The number of halogens is 1. The third-order valence-electron chi connectivity index (χ3n) is 7.91. The Labute approximate surface area is 256 Å². The fourth-order valence-electron chi connectivity index (χ4n) is 5.31. The number of ether oxygens (including phenoxy) is 3. The Morgan fingerprint density at radius 2 is 1.79 bits per heavy atom. The van der Waals surface area contributed by atoms with E-state index in [-0.39, 0.29) is 5.82 Å². The van der Waals surface area contributed by atoms with Gasteiger partial charge in [0.15, 0.2) is 0 Å². The van der Waals surface area contributed by atoms with Crippen molar-refractivity contribution in [2.75, 3.05) is 13.2 Å². The number of rotatable bonds is 8. The maximum Gasteiger partial charge on any atom is 0.290 e. The van der Waals surface area contributed by atoms with E-state index < -0.39 is 16.7 Å². The van der Waals surface area contributed by atoms with Gasteiger partial charge in [0.1, 0.15) is 41.9 Å². The zero-order valence-corrected chi connectivity index (χ0v) is 26.2. The lowest BCUT2D eigenvalue weighted by Crippen LogP contribution is -2.42. The van der Waals surface area contributed by atoms with Gasteiger partial charge in [-0.05, 0) is 130 Å². The minimum Gasteiger partial charge on any atom is -0.489 e. The van der Waals surface area contributed by atoms with Crippen molar-refractivity contribution in [3.05, 3.63) is 92.7 Å². The number of fused-ring (bicyclic) bond motifs is 1. The maximum absolute atomic E-state index is 13.8. The Morgan fingerprint density at radius 3 is 2.47 bits per heavy atom. The first-order valence-corrected chi connectivity index (χ1v) is 15.1. The second-order valence-electron chi connectivity index (χ2n) is 11.6. The molecule has 3 aromatic carbocycles. The number of hydrogen-bond donors (Lipinski definition) is 1. The minimum atomic E-state index is -0.583. The van der Waals surface area contributed by atoms with Crippen molar-refractivity contribution in [1.82, 2.24) is 5.32 Å². The van der Waals surface area contributed by atoms with Crippen LogP contribution in [0.2, 0.25) is 0 Å². The van der Waals surface area contributed by atoms with Gasteiger partial charge in [-0.1, -0.05) is 23.8 Å². The Morgan fingerprint density at radius 1 is 1.05 bits per heavy atom. The largest absolute Gasteiger partial charge is 0.489 e. The standard InChI is InChI=1S/C35H36FNO5S/c1-20(2)14-16-40-31-21(3)22(4)32-27(23(31)5)13-15-35(6,42-32)19-41-29-12-7-24(18-30-33(38)37-34(39)43-30)17-28(29)25-8-10-26(36)11-9-25/h7-12,14,17-18H,13,15-16,19H2,1-6H3,(H,37,38,39). The van der Waals surface area contributed by atoms with E-state index in [0.717, 1.165) is 69.5 Å². The van der Waals surface area contributed by atoms with Gasteiger partial charge < -0.3 is 14.2 Å². The molecule has 2 amide bonds. The van der Waals surface area contributed by atoms with Crippen molar-refractivity contribution < 1.29 is 28.2 Å². The number of hydrogen-bond acceptors (Lipinski definition) is 6. The van der Waals surface area contributed by atoms with Gasteiger partial charge in [0.05, 0.1) is 4.91 Å². The summed E-state index contributed by atoms with van der Waals surface area (Å²) in [4.78, 5) is 24.0. The zero-order chi connectivity index (χ0) is 30.9.